The minimum absolute atomic E-state index is 0. The first-order chi connectivity index (χ1) is 29.4. The summed E-state index contributed by atoms with van der Waals surface area (Å²) in [6.45, 7) is 4.41. The Bertz CT molecular complexity index is 3290. The Labute approximate surface area is 362 Å². The summed E-state index contributed by atoms with van der Waals surface area (Å²) in [7, 11) is 0. The smallest absolute Gasteiger partial charge is 0.148 e. The van der Waals surface area contributed by atoms with Crippen LogP contribution < -0.4 is 0 Å². The number of aromatic nitrogens is 3. The summed E-state index contributed by atoms with van der Waals surface area (Å²) in [4.78, 5) is 10.3. The van der Waals surface area contributed by atoms with Crippen LogP contribution in [0.1, 0.15) is 36.0 Å². The van der Waals surface area contributed by atoms with Crippen molar-refractivity contribution in [1.82, 2.24) is 14.5 Å². The molecule has 0 aliphatic heterocycles. The van der Waals surface area contributed by atoms with E-state index in [4.69, 9.17) is 18.5 Å². The summed E-state index contributed by atoms with van der Waals surface area (Å²) in [6.07, 6.45) is 1.78. The molecule has 0 radical (unpaired) electrons. The molecule has 290 valence electrons. The van der Waals surface area contributed by atoms with E-state index in [2.05, 4.69) is 86.0 Å². The van der Waals surface area contributed by atoms with Gasteiger partial charge in [0.25, 0.3) is 0 Å². The second-order valence-electron chi connectivity index (χ2n) is 15.7. The molecule has 7 aromatic carbocycles. The molecule has 0 unspecified atom stereocenters. The van der Waals surface area contributed by atoms with E-state index in [-0.39, 0.29) is 32.2 Å². The molecule has 5 nitrogen and oxygen atoms in total. The normalized spacial score (nSPS) is 12.6. The van der Waals surface area contributed by atoms with E-state index >= 15 is 0 Å². The van der Waals surface area contributed by atoms with Gasteiger partial charge in [0.05, 0.1) is 22.3 Å². The van der Waals surface area contributed by atoms with Crippen molar-refractivity contribution in [3.8, 4) is 67.5 Å². The van der Waals surface area contributed by atoms with Crippen LogP contribution in [0.3, 0.4) is 0 Å². The van der Waals surface area contributed by atoms with Gasteiger partial charge in [-0.2, -0.15) is 0 Å². The van der Waals surface area contributed by atoms with E-state index in [1.54, 1.807) is 24.4 Å². The average molecular weight is 949 g/mol. The average Bonchev–Trinajstić information content (AvgIpc) is 3.83. The maximum Gasteiger partial charge on any atom is 0.148 e. The molecule has 0 amide bonds. The van der Waals surface area contributed by atoms with Crippen LogP contribution in [0.2, 0.25) is 0 Å². The van der Waals surface area contributed by atoms with Gasteiger partial charge in [0.15, 0.2) is 0 Å². The topological polar surface area (TPSA) is 64.1 Å². The summed E-state index contributed by atoms with van der Waals surface area (Å²) < 4.78 is 31.8. The molecule has 6 heteroatoms. The molecule has 10 aromatic rings. The maximum atomic E-state index is 11.8. The summed E-state index contributed by atoms with van der Waals surface area (Å²) in [5.41, 5.74) is 12.8. The number of benzene rings is 7. The minimum Gasteiger partial charge on any atom is -0.507 e. The first-order valence-electron chi connectivity index (χ1n) is 20.9. The van der Waals surface area contributed by atoms with E-state index in [9.17, 15) is 5.11 Å². The molecule has 0 bridgehead atoms. The first-order valence-corrected chi connectivity index (χ1v) is 19.4. The van der Waals surface area contributed by atoms with Crippen LogP contribution in [-0.4, -0.2) is 19.6 Å². The number of fused-ring (bicyclic) bond motifs is 4. The number of rotatable bonds is 6. The largest absolute Gasteiger partial charge is 0.507 e. The Hall–Kier alpha value is -6.55. The van der Waals surface area contributed by atoms with Gasteiger partial charge in [-0.1, -0.05) is 147 Å². The summed E-state index contributed by atoms with van der Waals surface area (Å²) in [5.74, 6) is 0.644. The van der Waals surface area contributed by atoms with Crippen molar-refractivity contribution in [2.45, 2.75) is 33.0 Å². The third-order valence-corrected chi connectivity index (χ3v) is 10.9. The number of pyridine rings is 1. The second-order valence-corrected chi connectivity index (χ2v) is 15.7. The fraction of sp³-hybridized carbons (Fsp3) is 0.0943. The minimum atomic E-state index is -2.17. The standard InChI is InChI=1S/C53H40N3O2.Pt/c1-33-21-23-34(24-22-33)36-25-26-54-45(30-36)38-27-37(28-39(29-38)53(2,3)4)41-17-12-19-47-51(41)55-52(56(47)46-18-10-8-15-40(46)35-13-6-5-7-14-35)44-31-43-42-16-9-11-20-49(42)58-50(43)32-48(44)57;/h5-26,28-32,57H,1-4H3;/q-1;/i1D3;. The van der Waals surface area contributed by atoms with Crippen LogP contribution in [0.25, 0.3) is 94.7 Å². The van der Waals surface area contributed by atoms with Crippen molar-refractivity contribution in [1.29, 1.82) is 0 Å². The number of phenols is 1. The van der Waals surface area contributed by atoms with Crippen LogP contribution in [0.4, 0.5) is 0 Å². The molecule has 3 heterocycles. The first kappa shape index (κ1) is 34.5. The molecule has 0 atom stereocenters. The molecule has 3 aromatic heterocycles. The Kier molecular flexibility index (Phi) is 8.76. The molecule has 0 saturated carbocycles. The number of aryl methyl sites for hydroxylation is 1. The second kappa shape index (κ2) is 15.0. The van der Waals surface area contributed by atoms with E-state index < -0.39 is 6.85 Å². The van der Waals surface area contributed by atoms with Gasteiger partial charge in [0, 0.05) is 59.5 Å². The van der Waals surface area contributed by atoms with E-state index in [0.29, 0.717) is 22.5 Å². The SMILES string of the molecule is [2H]C([2H])([2H])c1ccc(-c2ccnc(-c3[c-]c(-c4cccc5c4nc(-c4cc6c(cc4O)oc4ccccc46)n5-c4ccccc4-c4ccccc4)cc(C(C)(C)C)c3)c2)cc1.[Pt]. The molecule has 1 N–H and O–H groups in total. The molecule has 10 rings (SSSR count). The molecular weight excluding hydrogens is 906 g/mol. The molecule has 59 heavy (non-hydrogen) atoms. The van der Waals surface area contributed by atoms with Gasteiger partial charge in [-0.05, 0) is 59.3 Å². The molecule has 0 fully saturated rings. The van der Waals surface area contributed by atoms with Crippen LogP contribution >= 0.6 is 0 Å². The number of imidazole rings is 1. The zero-order valence-electron chi connectivity index (χ0n) is 35.6. The van der Waals surface area contributed by atoms with Gasteiger partial charge in [-0.15, -0.1) is 29.3 Å². The Morgan fingerprint density at radius 3 is 2.20 bits per heavy atom. The number of hydrogen-bond donors (Lipinski definition) is 1. The van der Waals surface area contributed by atoms with Crippen molar-refractivity contribution in [2.24, 2.45) is 0 Å². The maximum absolute atomic E-state index is 11.8. The predicted molar refractivity (Wildman–Crippen MR) is 237 cm³/mol. The van der Waals surface area contributed by atoms with Crippen LogP contribution in [0.5, 0.6) is 5.75 Å². The van der Waals surface area contributed by atoms with E-state index in [1.165, 1.54) is 0 Å². The molecule has 0 spiro atoms. The van der Waals surface area contributed by atoms with E-state index in [1.807, 2.05) is 84.9 Å². The van der Waals surface area contributed by atoms with Crippen molar-refractivity contribution in [3.63, 3.8) is 0 Å². The third-order valence-electron chi connectivity index (χ3n) is 10.9. The zero-order valence-corrected chi connectivity index (χ0v) is 34.9. The van der Waals surface area contributed by atoms with Gasteiger partial charge in [-0.25, -0.2) is 4.98 Å². The van der Waals surface area contributed by atoms with Crippen molar-refractivity contribution in [2.75, 3.05) is 0 Å². The van der Waals surface area contributed by atoms with Crippen molar-refractivity contribution in [3.05, 3.63) is 181 Å². The van der Waals surface area contributed by atoms with Gasteiger partial charge in [0.1, 0.15) is 22.7 Å². The summed E-state index contributed by atoms with van der Waals surface area (Å²) in [6, 6.07) is 55.4. The van der Waals surface area contributed by atoms with Crippen molar-refractivity contribution < 1.29 is 34.7 Å². The zero-order chi connectivity index (χ0) is 42.0. The molecule has 0 aliphatic rings. The van der Waals surface area contributed by atoms with Gasteiger partial charge < -0.3 is 9.52 Å². The van der Waals surface area contributed by atoms with Crippen LogP contribution in [0, 0.1) is 12.9 Å². The molecule has 0 aliphatic carbocycles. The molecular formula is C53H40N3O2Pt-. The Morgan fingerprint density at radius 1 is 0.644 bits per heavy atom. The Balaban J connectivity index is 0.00000490. The van der Waals surface area contributed by atoms with E-state index in [0.717, 1.165) is 83.3 Å². The third kappa shape index (κ3) is 6.86. The van der Waals surface area contributed by atoms with Crippen molar-refractivity contribution >= 4 is 33.0 Å². The number of hydrogen-bond acceptors (Lipinski definition) is 4. The van der Waals surface area contributed by atoms with Crippen LogP contribution in [0.15, 0.2) is 168 Å². The Morgan fingerprint density at radius 2 is 1.39 bits per heavy atom. The quantitative estimate of drug-likeness (QED) is 0.169. The fourth-order valence-electron chi connectivity index (χ4n) is 7.92. The van der Waals surface area contributed by atoms with Crippen LogP contribution in [-0.2, 0) is 26.5 Å². The van der Waals surface area contributed by atoms with Gasteiger partial charge in [0.2, 0.25) is 0 Å². The predicted octanol–water partition coefficient (Wildman–Crippen LogP) is 13.8. The number of phenolic OH excluding ortho intramolecular Hbond substituents is 1. The number of furan rings is 1. The number of nitrogens with zero attached hydrogens (tertiary/aromatic N) is 3. The fourth-order valence-corrected chi connectivity index (χ4v) is 7.92. The summed E-state index contributed by atoms with van der Waals surface area (Å²) >= 11 is 0. The monoisotopic (exact) mass is 948 g/mol. The van der Waals surface area contributed by atoms with Gasteiger partial charge >= 0.3 is 0 Å². The molecule has 0 saturated heterocycles. The number of para-hydroxylation sites is 3. The summed E-state index contributed by atoms with van der Waals surface area (Å²) in [5, 5.41) is 13.7. The van der Waals surface area contributed by atoms with Gasteiger partial charge in [-0.3, -0.25) is 9.55 Å². The number of aromatic hydroxyl groups is 1.